The summed E-state index contributed by atoms with van der Waals surface area (Å²) in [5.74, 6) is -0.718. The van der Waals surface area contributed by atoms with Crippen molar-refractivity contribution in [2.75, 3.05) is 23.4 Å². The van der Waals surface area contributed by atoms with Crippen LogP contribution in [0.1, 0.15) is 31.4 Å². The fourth-order valence-corrected chi connectivity index (χ4v) is 5.08. The van der Waals surface area contributed by atoms with E-state index in [0.29, 0.717) is 28.7 Å². The molecule has 2 aliphatic rings. The Morgan fingerprint density at radius 2 is 1.80 bits per heavy atom. The van der Waals surface area contributed by atoms with Crippen molar-refractivity contribution in [2.45, 2.75) is 38.6 Å². The minimum Gasteiger partial charge on any atom is -0.504 e. The van der Waals surface area contributed by atoms with Gasteiger partial charge in [0.05, 0.1) is 24.3 Å². The number of hydrazine groups is 1. The summed E-state index contributed by atoms with van der Waals surface area (Å²) in [5.41, 5.74) is 10.0. The van der Waals surface area contributed by atoms with Gasteiger partial charge in [0.25, 0.3) is 5.91 Å². The molecule has 214 valence electrons. The second kappa shape index (κ2) is 12.0. The Kier molecular flexibility index (Phi) is 8.29. The molecule has 0 spiro atoms. The van der Waals surface area contributed by atoms with Crippen molar-refractivity contribution in [1.82, 2.24) is 16.2 Å². The summed E-state index contributed by atoms with van der Waals surface area (Å²) in [4.78, 5) is 32.5. The molecule has 11 nitrogen and oxygen atoms in total. The molecule has 3 aromatic carbocycles. The molecule has 0 bridgehead atoms. The van der Waals surface area contributed by atoms with Gasteiger partial charge in [-0.3, -0.25) is 14.6 Å². The molecule has 6 N–H and O–H groups in total. The summed E-state index contributed by atoms with van der Waals surface area (Å²) in [6.45, 7) is 4.13. The lowest BCUT2D eigenvalue weighted by molar-refractivity contribution is -0.121. The van der Waals surface area contributed by atoms with Crippen molar-refractivity contribution in [2.24, 2.45) is 4.99 Å². The zero-order chi connectivity index (χ0) is 29.1. The van der Waals surface area contributed by atoms with Gasteiger partial charge in [-0.05, 0) is 56.3 Å². The molecule has 2 heterocycles. The number of aliphatic imine (C=N–C) groups is 1. The second-order valence-electron chi connectivity index (χ2n) is 9.75. The van der Waals surface area contributed by atoms with Crippen LogP contribution in [0.25, 0.3) is 0 Å². The maximum atomic E-state index is 12.7. The Bertz CT molecular complexity index is 1480. The Morgan fingerprint density at radius 3 is 2.54 bits per heavy atom. The molecule has 41 heavy (non-hydrogen) atoms. The zero-order valence-corrected chi connectivity index (χ0v) is 23.3. The Morgan fingerprint density at radius 1 is 1.02 bits per heavy atom. The predicted octanol–water partition coefficient (Wildman–Crippen LogP) is 3.10. The fourth-order valence-electron chi connectivity index (χ4n) is 4.95. The van der Waals surface area contributed by atoms with Crippen LogP contribution in [-0.2, 0) is 9.59 Å². The predicted molar refractivity (Wildman–Crippen MR) is 157 cm³/mol. The summed E-state index contributed by atoms with van der Waals surface area (Å²) in [6, 6.07) is 16.5. The fraction of sp³-hybridized carbons (Fsp3) is 0.276. The molecule has 0 radical (unpaired) electrons. The third kappa shape index (κ3) is 6.22. The number of rotatable bonds is 8. The number of phenols is 2. The number of halogens is 1. The average molecular weight is 579 g/mol. The number of amides is 2. The van der Waals surface area contributed by atoms with E-state index in [1.165, 1.54) is 18.2 Å². The minimum absolute atomic E-state index is 0.0963. The number of benzene rings is 3. The van der Waals surface area contributed by atoms with E-state index in [0.717, 1.165) is 16.8 Å². The number of hydrogen-bond acceptors (Lipinski definition) is 9. The Balaban J connectivity index is 1.47. The maximum absolute atomic E-state index is 12.7. The van der Waals surface area contributed by atoms with Gasteiger partial charge in [-0.2, -0.15) is 0 Å². The minimum atomic E-state index is -0.444. The van der Waals surface area contributed by atoms with Crippen LogP contribution in [0, 0.1) is 0 Å². The second-order valence-corrected chi connectivity index (χ2v) is 10.2. The quantitative estimate of drug-likeness (QED) is 0.176. The summed E-state index contributed by atoms with van der Waals surface area (Å²) < 4.78 is 5.85. The molecule has 1 saturated heterocycles. The van der Waals surface area contributed by atoms with E-state index < -0.39 is 11.9 Å². The van der Waals surface area contributed by atoms with E-state index in [4.69, 9.17) is 21.3 Å². The maximum Gasteiger partial charge on any atom is 0.262 e. The van der Waals surface area contributed by atoms with E-state index >= 15 is 0 Å². The van der Waals surface area contributed by atoms with Crippen molar-refractivity contribution in [3.05, 3.63) is 76.8 Å². The third-order valence-corrected chi connectivity index (χ3v) is 7.08. The van der Waals surface area contributed by atoms with Crippen LogP contribution >= 0.6 is 11.6 Å². The molecular weight excluding hydrogens is 548 g/mol. The van der Waals surface area contributed by atoms with E-state index in [9.17, 15) is 19.8 Å². The molecule has 12 heteroatoms. The van der Waals surface area contributed by atoms with E-state index in [1.807, 2.05) is 38.1 Å². The van der Waals surface area contributed by atoms with Crippen LogP contribution in [0.15, 0.2) is 65.7 Å². The number of carbonyl (C=O) groups is 2. The number of nitrogens with one attached hydrogen (secondary N) is 4. The van der Waals surface area contributed by atoms with Gasteiger partial charge < -0.3 is 30.5 Å². The van der Waals surface area contributed by atoms with Gasteiger partial charge in [0, 0.05) is 40.1 Å². The molecule has 2 unspecified atom stereocenters. The topological polar surface area (TPSA) is 148 Å². The highest BCUT2D eigenvalue weighted by Crippen LogP contribution is 2.36. The van der Waals surface area contributed by atoms with Gasteiger partial charge in [-0.25, -0.2) is 10.9 Å². The zero-order valence-electron chi connectivity index (χ0n) is 22.5. The largest absolute Gasteiger partial charge is 0.504 e. The summed E-state index contributed by atoms with van der Waals surface area (Å²) >= 11 is 6.18. The molecule has 5 rings (SSSR count). The Hall–Kier alpha value is -4.32. The van der Waals surface area contributed by atoms with Gasteiger partial charge in [-0.1, -0.05) is 23.7 Å². The molecule has 3 atom stereocenters. The first-order chi connectivity index (χ1) is 19.7. The van der Waals surface area contributed by atoms with Gasteiger partial charge in [0.15, 0.2) is 18.1 Å². The first kappa shape index (κ1) is 28.2. The third-order valence-electron chi connectivity index (χ3n) is 6.83. The van der Waals surface area contributed by atoms with Gasteiger partial charge >= 0.3 is 0 Å². The molecule has 0 aliphatic carbocycles. The molecule has 0 aromatic heterocycles. The lowest BCUT2D eigenvalue weighted by Gasteiger charge is -2.31. The first-order valence-electron chi connectivity index (χ1n) is 13.2. The smallest absolute Gasteiger partial charge is 0.262 e. The molecule has 0 saturated carbocycles. The number of phenolic OH excluding ortho intramolecular Hbond substituents is 2. The standard InChI is InChI=1S/C29H31ClN6O5/c1-3-31-26(39)14-22-29-35-34-16(2)36(29)23-10-9-20(13-21(23)28(33-22)17-4-6-18(30)7-5-17)41-15-27(40)32-19-8-11-24(37)25(38)12-19/h4-13,16,22,29,34-35,37-38H,3,14-15H2,1-2H3,(H,31,39)(H,32,40)/t16?,22-,29?/m0/s1. The average Bonchev–Trinajstić information content (AvgIpc) is 3.27. The van der Waals surface area contributed by atoms with Crippen molar-refractivity contribution in [1.29, 1.82) is 0 Å². The van der Waals surface area contributed by atoms with Crippen LogP contribution in [-0.4, -0.2) is 59.3 Å². The van der Waals surface area contributed by atoms with Crippen LogP contribution in [0.3, 0.4) is 0 Å². The Labute approximate surface area is 242 Å². The lowest BCUT2D eigenvalue weighted by atomic mass is 9.99. The van der Waals surface area contributed by atoms with Gasteiger partial charge in [0.2, 0.25) is 5.91 Å². The normalized spacial score (nSPS) is 19.4. The van der Waals surface area contributed by atoms with Gasteiger partial charge in [0.1, 0.15) is 11.9 Å². The molecule has 2 aliphatic heterocycles. The van der Waals surface area contributed by atoms with E-state index in [-0.39, 0.29) is 42.8 Å². The number of nitrogens with zero attached hydrogens (tertiary/aromatic N) is 2. The monoisotopic (exact) mass is 578 g/mol. The summed E-state index contributed by atoms with van der Waals surface area (Å²) in [5, 5.41) is 25.3. The summed E-state index contributed by atoms with van der Waals surface area (Å²) in [7, 11) is 0. The lowest BCUT2D eigenvalue weighted by Crippen LogP contribution is -2.47. The van der Waals surface area contributed by atoms with Gasteiger partial charge in [-0.15, -0.1) is 0 Å². The number of hydrogen-bond donors (Lipinski definition) is 6. The van der Waals surface area contributed by atoms with Crippen molar-refractivity contribution < 1.29 is 24.5 Å². The van der Waals surface area contributed by atoms with Crippen molar-refractivity contribution in [3.63, 3.8) is 0 Å². The van der Waals surface area contributed by atoms with E-state index in [1.54, 1.807) is 18.2 Å². The first-order valence-corrected chi connectivity index (χ1v) is 13.6. The highest BCUT2D eigenvalue weighted by atomic mass is 35.5. The van der Waals surface area contributed by atoms with Crippen LogP contribution in [0.2, 0.25) is 5.02 Å². The molecular formula is C29H31ClN6O5. The molecule has 3 aromatic rings. The number of aromatic hydroxyl groups is 2. The highest BCUT2D eigenvalue weighted by molar-refractivity contribution is 6.30. The number of ether oxygens (including phenoxy) is 1. The SMILES string of the molecule is CCNC(=O)C[C@@H]1N=C(c2ccc(Cl)cc2)c2cc(OCC(=O)Nc3ccc(O)c(O)c3)ccc2N2C(C)NNC12. The van der Waals surface area contributed by atoms with E-state index in [2.05, 4.69) is 26.4 Å². The van der Waals surface area contributed by atoms with Crippen molar-refractivity contribution in [3.8, 4) is 17.2 Å². The van der Waals surface area contributed by atoms with Crippen molar-refractivity contribution >= 4 is 40.5 Å². The highest BCUT2D eigenvalue weighted by Gasteiger charge is 2.40. The van der Waals surface area contributed by atoms with Crippen LogP contribution in [0.4, 0.5) is 11.4 Å². The number of carbonyl (C=O) groups excluding carboxylic acids is 2. The number of fused-ring (bicyclic) bond motifs is 3. The van der Waals surface area contributed by atoms with Crippen LogP contribution in [0.5, 0.6) is 17.2 Å². The number of anilines is 2. The molecule has 2 amide bonds. The van der Waals surface area contributed by atoms with Crippen LogP contribution < -0.4 is 31.1 Å². The molecule has 1 fully saturated rings. The summed E-state index contributed by atoms with van der Waals surface area (Å²) in [6.07, 6.45) is -0.220.